The number of sulfonamides is 1. The third kappa shape index (κ3) is 3.06. The molecule has 0 spiro atoms. The van der Waals surface area contributed by atoms with E-state index in [9.17, 15) is 13.2 Å². The van der Waals surface area contributed by atoms with Gasteiger partial charge in [0.05, 0.1) is 12.0 Å². The summed E-state index contributed by atoms with van der Waals surface area (Å²) in [6.07, 6.45) is 0. The Morgan fingerprint density at radius 3 is 2.62 bits per heavy atom. The van der Waals surface area contributed by atoms with Crippen molar-refractivity contribution >= 4 is 21.7 Å². The Bertz CT molecular complexity index is 896. The number of amides is 2. The van der Waals surface area contributed by atoms with E-state index in [1.165, 1.54) is 13.2 Å². The van der Waals surface area contributed by atoms with Crippen molar-refractivity contribution in [2.24, 2.45) is 5.14 Å². The topological polar surface area (TPSA) is 102 Å². The van der Waals surface area contributed by atoms with Crippen LogP contribution in [-0.2, 0) is 10.0 Å². The van der Waals surface area contributed by atoms with Crippen LogP contribution in [0.4, 0.5) is 10.5 Å². The molecule has 3 rings (SSSR count). The average Bonchev–Trinajstić information content (AvgIpc) is 2.99. The molecule has 126 valence electrons. The van der Waals surface area contributed by atoms with Gasteiger partial charge in [0, 0.05) is 24.3 Å². The summed E-state index contributed by atoms with van der Waals surface area (Å²) in [5.74, 6) is 0.595. The third-order valence-electron chi connectivity index (χ3n) is 3.82. The van der Waals surface area contributed by atoms with E-state index in [2.05, 4.69) is 5.32 Å². The molecular formula is C16H17N3O4S. The van der Waals surface area contributed by atoms with E-state index < -0.39 is 10.0 Å². The molecule has 1 fully saturated rings. The lowest BCUT2D eigenvalue weighted by Crippen LogP contribution is -2.27. The van der Waals surface area contributed by atoms with Crippen LogP contribution >= 0.6 is 0 Å². The molecule has 0 aromatic heterocycles. The molecule has 1 aliphatic rings. The van der Waals surface area contributed by atoms with Crippen LogP contribution in [0.2, 0.25) is 0 Å². The highest BCUT2D eigenvalue weighted by Gasteiger charge is 2.24. The molecule has 8 heteroatoms. The molecule has 0 atom stereocenters. The maximum absolute atomic E-state index is 11.9. The van der Waals surface area contributed by atoms with E-state index in [-0.39, 0.29) is 10.9 Å². The number of hydrogen-bond donors (Lipinski definition) is 2. The van der Waals surface area contributed by atoms with Gasteiger partial charge < -0.3 is 10.1 Å². The minimum atomic E-state index is -3.91. The Kier molecular flexibility index (Phi) is 4.16. The number of primary sulfonamides is 1. The molecule has 0 saturated carbocycles. The van der Waals surface area contributed by atoms with E-state index in [0.29, 0.717) is 35.7 Å². The molecular weight excluding hydrogens is 330 g/mol. The predicted molar refractivity (Wildman–Crippen MR) is 90.5 cm³/mol. The van der Waals surface area contributed by atoms with E-state index in [1.807, 2.05) is 0 Å². The number of nitrogens with zero attached hydrogens (tertiary/aromatic N) is 1. The summed E-state index contributed by atoms with van der Waals surface area (Å²) in [5, 5.41) is 8.06. The summed E-state index contributed by atoms with van der Waals surface area (Å²) < 4.78 is 29.1. The van der Waals surface area contributed by atoms with Gasteiger partial charge in [0.2, 0.25) is 10.0 Å². The number of methoxy groups -OCH3 is 1. The molecule has 24 heavy (non-hydrogen) atoms. The van der Waals surface area contributed by atoms with Crippen molar-refractivity contribution in [3.63, 3.8) is 0 Å². The van der Waals surface area contributed by atoms with Gasteiger partial charge in [-0.2, -0.15) is 0 Å². The fourth-order valence-electron chi connectivity index (χ4n) is 2.67. The van der Waals surface area contributed by atoms with Gasteiger partial charge in [0.25, 0.3) is 0 Å². The number of hydrogen-bond acceptors (Lipinski definition) is 4. The number of benzene rings is 2. The predicted octanol–water partition coefficient (Wildman–Crippen LogP) is 1.54. The quantitative estimate of drug-likeness (QED) is 0.876. The van der Waals surface area contributed by atoms with Crippen molar-refractivity contribution in [1.29, 1.82) is 0 Å². The molecule has 2 aromatic rings. The minimum Gasteiger partial charge on any atom is -0.497 e. The first kappa shape index (κ1) is 16.3. The van der Waals surface area contributed by atoms with E-state index >= 15 is 0 Å². The van der Waals surface area contributed by atoms with Gasteiger partial charge in [-0.1, -0.05) is 12.1 Å². The monoisotopic (exact) mass is 347 g/mol. The average molecular weight is 347 g/mol. The molecule has 0 unspecified atom stereocenters. The molecule has 0 bridgehead atoms. The number of nitrogens with two attached hydrogens (primary N) is 1. The lowest BCUT2D eigenvalue weighted by molar-refractivity contribution is 0.252. The Hall–Kier alpha value is -2.58. The minimum absolute atomic E-state index is 0.000826. The SMILES string of the molecule is COc1cccc(-c2cc(N3CCNC3=O)ccc2S(N)(=O)=O)c1. The molecule has 1 heterocycles. The molecule has 1 saturated heterocycles. The highest BCUT2D eigenvalue weighted by Crippen LogP contribution is 2.33. The van der Waals surface area contributed by atoms with Gasteiger partial charge in [-0.15, -0.1) is 0 Å². The molecule has 2 aromatic carbocycles. The lowest BCUT2D eigenvalue weighted by atomic mass is 10.0. The van der Waals surface area contributed by atoms with Gasteiger partial charge in [-0.25, -0.2) is 18.4 Å². The molecule has 1 aliphatic heterocycles. The van der Waals surface area contributed by atoms with Crippen molar-refractivity contribution < 1.29 is 17.9 Å². The number of carbonyl (C=O) groups excluding carboxylic acids is 1. The second-order valence-corrected chi connectivity index (χ2v) is 6.87. The molecule has 0 radical (unpaired) electrons. The molecule has 3 N–H and O–H groups in total. The molecule has 0 aliphatic carbocycles. The fourth-order valence-corrected chi connectivity index (χ4v) is 3.41. The van der Waals surface area contributed by atoms with E-state index in [0.717, 1.165) is 0 Å². The van der Waals surface area contributed by atoms with Gasteiger partial charge in [0.15, 0.2) is 0 Å². The molecule has 2 amide bonds. The van der Waals surface area contributed by atoms with Crippen LogP contribution in [0.1, 0.15) is 0 Å². The Balaban J connectivity index is 2.18. The van der Waals surface area contributed by atoms with Gasteiger partial charge >= 0.3 is 6.03 Å². The van der Waals surface area contributed by atoms with Crippen LogP contribution in [0.5, 0.6) is 5.75 Å². The number of carbonyl (C=O) groups is 1. The van der Waals surface area contributed by atoms with Crippen LogP contribution in [0, 0.1) is 0 Å². The lowest BCUT2D eigenvalue weighted by Gasteiger charge is -2.17. The summed E-state index contributed by atoms with van der Waals surface area (Å²) in [4.78, 5) is 13.4. The normalized spacial score (nSPS) is 14.6. The summed E-state index contributed by atoms with van der Waals surface area (Å²) in [6.45, 7) is 1.06. The second kappa shape index (κ2) is 6.14. The smallest absolute Gasteiger partial charge is 0.321 e. The summed E-state index contributed by atoms with van der Waals surface area (Å²) in [6, 6.07) is 11.4. The second-order valence-electron chi connectivity index (χ2n) is 5.34. The van der Waals surface area contributed by atoms with E-state index in [4.69, 9.17) is 9.88 Å². The van der Waals surface area contributed by atoms with Gasteiger partial charge in [-0.3, -0.25) is 4.90 Å². The van der Waals surface area contributed by atoms with Crippen LogP contribution in [0.3, 0.4) is 0 Å². The highest BCUT2D eigenvalue weighted by atomic mass is 32.2. The van der Waals surface area contributed by atoms with Gasteiger partial charge in [-0.05, 0) is 35.9 Å². The summed E-state index contributed by atoms with van der Waals surface area (Å²) >= 11 is 0. The summed E-state index contributed by atoms with van der Waals surface area (Å²) in [5.41, 5.74) is 1.67. The van der Waals surface area contributed by atoms with Crippen LogP contribution < -0.4 is 20.1 Å². The number of urea groups is 1. The van der Waals surface area contributed by atoms with Gasteiger partial charge in [0.1, 0.15) is 5.75 Å². The number of ether oxygens (including phenoxy) is 1. The molecule has 7 nitrogen and oxygen atoms in total. The zero-order valence-corrected chi connectivity index (χ0v) is 13.8. The summed E-state index contributed by atoms with van der Waals surface area (Å²) in [7, 11) is -2.38. The van der Waals surface area contributed by atoms with Crippen molar-refractivity contribution in [2.75, 3.05) is 25.1 Å². The maximum Gasteiger partial charge on any atom is 0.321 e. The van der Waals surface area contributed by atoms with Crippen molar-refractivity contribution in [3.8, 4) is 16.9 Å². The van der Waals surface area contributed by atoms with Crippen molar-refractivity contribution in [2.45, 2.75) is 4.90 Å². The number of anilines is 1. The largest absolute Gasteiger partial charge is 0.497 e. The standard InChI is InChI=1S/C16H17N3O4S/c1-23-13-4-2-3-11(9-13)14-10-12(19-8-7-18-16(19)20)5-6-15(14)24(17,21)22/h2-6,9-10H,7-8H2,1H3,(H,18,20)(H2,17,21,22). The van der Waals surface area contributed by atoms with Crippen LogP contribution in [-0.4, -0.2) is 34.6 Å². The van der Waals surface area contributed by atoms with Crippen LogP contribution in [0.25, 0.3) is 11.1 Å². The zero-order chi connectivity index (χ0) is 17.3. The Labute approximate surface area is 140 Å². The fraction of sp³-hybridized carbons (Fsp3) is 0.188. The van der Waals surface area contributed by atoms with Crippen molar-refractivity contribution in [1.82, 2.24) is 5.32 Å². The highest BCUT2D eigenvalue weighted by molar-refractivity contribution is 7.89. The number of nitrogens with one attached hydrogen (secondary N) is 1. The first-order valence-electron chi connectivity index (χ1n) is 7.27. The first-order valence-corrected chi connectivity index (χ1v) is 8.81. The Morgan fingerprint density at radius 1 is 1.21 bits per heavy atom. The van der Waals surface area contributed by atoms with Crippen molar-refractivity contribution in [3.05, 3.63) is 42.5 Å². The Morgan fingerprint density at radius 2 is 2.00 bits per heavy atom. The third-order valence-corrected chi connectivity index (χ3v) is 4.79. The first-order chi connectivity index (χ1) is 11.4. The van der Waals surface area contributed by atoms with Crippen LogP contribution in [0.15, 0.2) is 47.4 Å². The maximum atomic E-state index is 11.9. The number of rotatable bonds is 4. The zero-order valence-electron chi connectivity index (χ0n) is 13.0. The van der Waals surface area contributed by atoms with E-state index in [1.54, 1.807) is 41.3 Å².